The largest absolute Gasteiger partial charge is 0.497 e. The molecule has 1 amide bonds. The van der Waals surface area contributed by atoms with Crippen molar-refractivity contribution in [2.75, 3.05) is 7.11 Å². The lowest BCUT2D eigenvalue weighted by atomic mass is 9.95. The zero-order valence-electron chi connectivity index (χ0n) is 8.77. The summed E-state index contributed by atoms with van der Waals surface area (Å²) in [6, 6.07) is 7.32. The Labute approximate surface area is 89.5 Å². The zero-order chi connectivity index (χ0) is 11.3. The minimum absolute atomic E-state index is 0.298. The van der Waals surface area contributed by atoms with E-state index in [1.807, 2.05) is 24.3 Å². The molecule has 0 spiro atoms. The maximum atomic E-state index is 11.2. The van der Waals surface area contributed by atoms with Gasteiger partial charge in [0, 0.05) is 0 Å². The van der Waals surface area contributed by atoms with Gasteiger partial charge in [-0.25, -0.2) is 0 Å². The number of allylic oxidation sites excluding steroid dienone is 1. The molecule has 0 heterocycles. The predicted octanol–water partition coefficient (Wildman–Crippen LogP) is 1.84. The van der Waals surface area contributed by atoms with Crippen LogP contribution in [-0.4, -0.2) is 13.0 Å². The van der Waals surface area contributed by atoms with Crippen LogP contribution < -0.4 is 10.5 Å². The average molecular weight is 205 g/mol. The highest BCUT2D eigenvalue weighted by Crippen LogP contribution is 2.22. The van der Waals surface area contributed by atoms with Gasteiger partial charge in [-0.1, -0.05) is 18.2 Å². The molecular formula is C12H15NO2. The van der Waals surface area contributed by atoms with Crippen LogP contribution in [0.5, 0.6) is 5.75 Å². The fourth-order valence-electron chi connectivity index (χ4n) is 1.42. The summed E-state index contributed by atoms with van der Waals surface area (Å²) in [6.45, 7) is 3.61. The molecule has 0 bridgehead atoms. The van der Waals surface area contributed by atoms with E-state index in [9.17, 15) is 4.79 Å². The van der Waals surface area contributed by atoms with Gasteiger partial charge in [-0.05, 0) is 24.1 Å². The van der Waals surface area contributed by atoms with E-state index in [1.54, 1.807) is 13.2 Å². The minimum Gasteiger partial charge on any atom is -0.497 e. The zero-order valence-corrected chi connectivity index (χ0v) is 8.77. The highest BCUT2D eigenvalue weighted by Gasteiger charge is 2.15. The number of carbonyl (C=O) groups is 1. The van der Waals surface area contributed by atoms with Crippen molar-refractivity contribution in [2.45, 2.75) is 12.3 Å². The van der Waals surface area contributed by atoms with E-state index in [-0.39, 0.29) is 11.8 Å². The minimum atomic E-state index is -0.333. The molecule has 0 fully saturated rings. The number of ether oxygens (including phenoxy) is 1. The van der Waals surface area contributed by atoms with Gasteiger partial charge in [-0.3, -0.25) is 4.79 Å². The number of hydrogen-bond donors (Lipinski definition) is 1. The number of primary amides is 1. The molecule has 1 aromatic rings. The lowest BCUT2D eigenvalue weighted by molar-refractivity contribution is -0.119. The van der Waals surface area contributed by atoms with Gasteiger partial charge in [0.05, 0.1) is 13.0 Å². The summed E-state index contributed by atoms with van der Waals surface area (Å²) in [5.74, 6) is 0.133. The molecule has 1 rings (SSSR count). The summed E-state index contributed by atoms with van der Waals surface area (Å²) in [5, 5.41) is 0. The summed E-state index contributed by atoms with van der Waals surface area (Å²) in [7, 11) is 1.60. The van der Waals surface area contributed by atoms with E-state index in [0.717, 1.165) is 11.3 Å². The smallest absolute Gasteiger partial charge is 0.225 e. The van der Waals surface area contributed by atoms with Crippen molar-refractivity contribution in [3.8, 4) is 5.75 Å². The van der Waals surface area contributed by atoms with Gasteiger partial charge in [0.25, 0.3) is 0 Å². The van der Waals surface area contributed by atoms with Crippen LogP contribution in [0.15, 0.2) is 36.9 Å². The van der Waals surface area contributed by atoms with Gasteiger partial charge in [0.1, 0.15) is 5.75 Å². The van der Waals surface area contributed by atoms with Crippen LogP contribution >= 0.6 is 0 Å². The molecule has 0 saturated heterocycles. The van der Waals surface area contributed by atoms with E-state index < -0.39 is 0 Å². The fourth-order valence-corrected chi connectivity index (χ4v) is 1.42. The lowest BCUT2D eigenvalue weighted by Gasteiger charge is -2.11. The predicted molar refractivity (Wildman–Crippen MR) is 59.7 cm³/mol. The second-order valence-corrected chi connectivity index (χ2v) is 3.25. The molecule has 0 aromatic heterocycles. The average Bonchev–Trinajstić information content (AvgIpc) is 2.26. The number of amides is 1. The van der Waals surface area contributed by atoms with Gasteiger partial charge >= 0.3 is 0 Å². The van der Waals surface area contributed by atoms with Gasteiger partial charge in [-0.15, -0.1) is 6.58 Å². The number of carbonyl (C=O) groups excluding carboxylic acids is 1. The second kappa shape index (κ2) is 5.20. The maximum Gasteiger partial charge on any atom is 0.225 e. The van der Waals surface area contributed by atoms with Gasteiger partial charge < -0.3 is 10.5 Å². The van der Waals surface area contributed by atoms with Crippen molar-refractivity contribution in [3.05, 3.63) is 42.5 Å². The van der Waals surface area contributed by atoms with Crippen LogP contribution in [0.3, 0.4) is 0 Å². The van der Waals surface area contributed by atoms with Crippen molar-refractivity contribution in [3.63, 3.8) is 0 Å². The summed E-state index contributed by atoms with van der Waals surface area (Å²) >= 11 is 0. The standard InChI is InChI=1S/C12H15NO2/c1-3-4-11(12(13)14)9-5-7-10(15-2)8-6-9/h3,5-8,11H,1,4H2,2H3,(H2,13,14)/t11-/m1/s1. The van der Waals surface area contributed by atoms with Crippen molar-refractivity contribution in [2.24, 2.45) is 5.73 Å². The molecular weight excluding hydrogens is 190 g/mol. The van der Waals surface area contributed by atoms with Crippen molar-refractivity contribution < 1.29 is 9.53 Å². The monoisotopic (exact) mass is 205 g/mol. The van der Waals surface area contributed by atoms with Gasteiger partial charge in [-0.2, -0.15) is 0 Å². The van der Waals surface area contributed by atoms with Gasteiger partial charge in [0.15, 0.2) is 0 Å². The number of rotatable bonds is 5. The Kier molecular flexibility index (Phi) is 3.92. The first-order chi connectivity index (χ1) is 7.19. The van der Waals surface area contributed by atoms with E-state index in [2.05, 4.69) is 6.58 Å². The molecule has 0 unspecified atom stereocenters. The highest BCUT2D eigenvalue weighted by atomic mass is 16.5. The molecule has 1 atom stereocenters. The summed E-state index contributed by atoms with van der Waals surface area (Å²) < 4.78 is 5.03. The van der Waals surface area contributed by atoms with E-state index in [4.69, 9.17) is 10.5 Å². The summed E-state index contributed by atoms with van der Waals surface area (Å²) in [5.41, 5.74) is 6.20. The third-order valence-electron chi connectivity index (χ3n) is 2.26. The Morgan fingerprint density at radius 3 is 2.53 bits per heavy atom. The first-order valence-electron chi connectivity index (χ1n) is 4.73. The Balaban J connectivity index is 2.91. The Morgan fingerprint density at radius 2 is 2.13 bits per heavy atom. The van der Waals surface area contributed by atoms with Crippen LogP contribution in [0.2, 0.25) is 0 Å². The molecule has 1 aromatic carbocycles. The van der Waals surface area contributed by atoms with Gasteiger partial charge in [0.2, 0.25) is 5.91 Å². The fraction of sp³-hybridized carbons (Fsp3) is 0.250. The Bertz CT molecular complexity index is 343. The molecule has 80 valence electrons. The maximum absolute atomic E-state index is 11.2. The van der Waals surface area contributed by atoms with Crippen LogP contribution in [0.4, 0.5) is 0 Å². The Hall–Kier alpha value is -1.77. The van der Waals surface area contributed by atoms with Crippen LogP contribution in [0, 0.1) is 0 Å². The molecule has 2 N–H and O–H groups in total. The third kappa shape index (κ3) is 2.84. The molecule has 0 aliphatic rings. The first-order valence-corrected chi connectivity index (χ1v) is 4.73. The van der Waals surface area contributed by atoms with Crippen molar-refractivity contribution >= 4 is 5.91 Å². The molecule has 3 nitrogen and oxygen atoms in total. The van der Waals surface area contributed by atoms with Crippen molar-refractivity contribution in [1.29, 1.82) is 0 Å². The molecule has 15 heavy (non-hydrogen) atoms. The summed E-state index contributed by atoms with van der Waals surface area (Å²) in [6.07, 6.45) is 2.25. The summed E-state index contributed by atoms with van der Waals surface area (Å²) in [4.78, 5) is 11.2. The number of benzene rings is 1. The first kappa shape index (κ1) is 11.3. The van der Waals surface area contributed by atoms with Crippen LogP contribution in [0.1, 0.15) is 17.9 Å². The van der Waals surface area contributed by atoms with Crippen molar-refractivity contribution in [1.82, 2.24) is 0 Å². The topological polar surface area (TPSA) is 52.3 Å². The second-order valence-electron chi connectivity index (χ2n) is 3.25. The molecule has 0 aliphatic carbocycles. The third-order valence-corrected chi connectivity index (χ3v) is 2.26. The SMILES string of the molecule is C=CC[C@@H](C(N)=O)c1ccc(OC)cc1. The number of nitrogens with two attached hydrogens (primary N) is 1. The van der Waals surface area contributed by atoms with E-state index in [0.29, 0.717) is 6.42 Å². The quantitative estimate of drug-likeness (QED) is 0.746. The van der Waals surface area contributed by atoms with E-state index in [1.165, 1.54) is 0 Å². The van der Waals surface area contributed by atoms with Crippen LogP contribution in [0.25, 0.3) is 0 Å². The molecule has 0 aliphatic heterocycles. The number of methoxy groups -OCH3 is 1. The normalized spacial score (nSPS) is 11.8. The van der Waals surface area contributed by atoms with E-state index >= 15 is 0 Å². The number of hydrogen-bond acceptors (Lipinski definition) is 2. The molecule has 0 saturated carbocycles. The highest BCUT2D eigenvalue weighted by molar-refractivity contribution is 5.82. The molecule has 3 heteroatoms. The molecule has 0 radical (unpaired) electrons. The Morgan fingerprint density at radius 1 is 1.53 bits per heavy atom. The lowest BCUT2D eigenvalue weighted by Crippen LogP contribution is -2.20. The van der Waals surface area contributed by atoms with Crippen LogP contribution in [-0.2, 0) is 4.79 Å².